The molecule has 11 nitrogen and oxygen atoms in total. The Bertz CT molecular complexity index is 2020. The standard InChI is InChI=1S/C31H32N4O7S3/c1-23-13-14-26(21-24(23)2)33-43(37,38)27-17-15-25(16-18-27)32-31(36)30-22-34(44(39,40)28-9-5-3-6-10-28)19-20-35(30)45(41,42)29-11-7-4-8-12-29/h3-18,21,30,33H,19-20,22H2,1-2H3,(H,32,36)/t30-/m0/s1. The zero-order valence-corrected chi connectivity index (χ0v) is 26.9. The van der Waals surface area contributed by atoms with E-state index in [-0.39, 0.29) is 33.5 Å². The molecule has 1 aliphatic rings. The first-order chi connectivity index (χ1) is 21.3. The number of carbonyl (C=O) groups excluding carboxylic acids is 1. The van der Waals surface area contributed by atoms with Gasteiger partial charge in [0.25, 0.3) is 10.0 Å². The molecule has 0 saturated carbocycles. The first-order valence-electron chi connectivity index (χ1n) is 13.9. The molecule has 1 aliphatic heterocycles. The highest BCUT2D eigenvalue weighted by molar-refractivity contribution is 7.92. The smallest absolute Gasteiger partial charge is 0.261 e. The Morgan fingerprint density at radius 2 is 1.20 bits per heavy atom. The van der Waals surface area contributed by atoms with Crippen molar-refractivity contribution in [1.82, 2.24) is 8.61 Å². The van der Waals surface area contributed by atoms with E-state index in [0.717, 1.165) is 19.7 Å². The van der Waals surface area contributed by atoms with Crippen LogP contribution in [0.25, 0.3) is 0 Å². The number of nitrogens with one attached hydrogen (secondary N) is 2. The number of benzene rings is 4. The van der Waals surface area contributed by atoms with Crippen LogP contribution in [0.4, 0.5) is 11.4 Å². The minimum atomic E-state index is -4.18. The maximum Gasteiger partial charge on any atom is 0.261 e. The number of piperazine rings is 1. The summed E-state index contributed by atoms with van der Waals surface area (Å²) in [6, 6.07) is 24.4. The molecule has 4 aromatic rings. The van der Waals surface area contributed by atoms with Crippen molar-refractivity contribution in [3.8, 4) is 0 Å². The van der Waals surface area contributed by atoms with Crippen molar-refractivity contribution < 1.29 is 30.0 Å². The Labute approximate surface area is 263 Å². The van der Waals surface area contributed by atoms with Crippen molar-refractivity contribution in [2.45, 2.75) is 34.6 Å². The lowest BCUT2D eigenvalue weighted by Crippen LogP contribution is -2.60. The summed E-state index contributed by atoms with van der Waals surface area (Å²) in [6.07, 6.45) is 0. The van der Waals surface area contributed by atoms with Gasteiger partial charge in [-0.2, -0.15) is 8.61 Å². The number of hydrogen-bond acceptors (Lipinski definition) is 7. The SMILES string of the molecule is Cc1ccc(NS(=O)(=O)c2ccc(NC(=O)[C@@H]3CN(S(=O)(=O)c4ccccc4)CCN3S(=O)(=O)c3ccccc3)cc2)cc1C. The highest BCUT2D eigenvalue weighted by Crippen LogP contribution is 2.27. The largest absolute Gasteiger partial charge is 0.325 e. The minimum absolute atomic E-state index is 0.0229. The van der Waals surface area contributed by atoms with Crippen molar-refractivity contribution in [1.29, 1.82) is 0 Å². The molecule has 0 radical (unpaired) electrons. The van der Waals surface area contributed by atoms with Crippen LogP contribution in [0.2, 0.25) is 0 Å². The Hall–Kier alpha value is -4.08. The molecule has 14 heteroatoms. The molecule has 1 saturated heterocycles. The van der Waals surface area contributed by atoms with Gasteiger partial charge in [0.2, 0.25) is 26.0 Å². The van der Waals surface area contributed by atoms with Gasteiger partial charge in [-0.25, -0.2) is 25.3 Å². The predicted octanol–water partition coefficient (Wildman–Crippen LogP) is 3.81. The van der Waals surface area contributed by atoms with Gasteiger partial charge in [0.15, 0.2) is 0 Å². The van der Waals surface area contributed by atoms with E-state index >= 15 is 0 Å². The highest BCUT2D eigenvalue weighted by Gasteiger charge is 2.43. The molecule has 0 aliphatic carbocycles. The van der Waals surface area contributed by atoms with Gasteiger partial charge in [-0.15, -0.1) is 0 Å². The second-order valence-electron chi connectivity index (χ2n) is 10.5. The molecular weight excluding hydrogens is 637 g/mol. The van der Waals surface area contributed by atoms with Crippen LogP contribution < -0.4 is 10.0 Å². The van der Waals surface area contributed by atoms with E-state index in [1.807, 2.05) is 19.9 Å². The number of hydrogen-bond donors (Lipinski definition) is 2. The molecule has 0 unspecified atom stereocenters. The molecule has 0 bridgehead atoms. The van der Waals surface area contributed by atoms with Gasteiger partial charge >= 0.3 is 0 Å². The molecular formula is C31H32N4O7S3. The summed E-state index contributed by atoms with van der Waals surface area (Å²) in [5.74, 6) is -0.772. The number of anilines is 2. The van der Waals surface area contributed by atoms with E-state index in [9.17, 15) is 30.0 Å². The summed E-state index contributed by atoms with van der Waals surface area (Å²) >= 11 is 0. The monoisotopic (exact) mass is 668 g/mol. The fourth-order valence-corrected chi connectivity index (χ4v) is 8.99. The minimum Gasteiger partial charge on any atom is -0.325 e. The second-order valence-corrected chi connectivity index (χ2v) is 16.0. The molecule has 1 amide bonds. The van der Waals surface area contributed by atoms with Crippen molar-refractivity contribution in [3.63, 3.8) is 0 Å². The third kappa shape index (κ3) is 6.94. The number of aryl methyl sites for hydroxylation is 2. The Morgan fingerprint density at radius 3 is 1.78 bits per heavy atom. The quantitative estimate of drug-likeness (QED) is 0.276. The molecule has 236 valence electrons. The van der Waals surface area contributed by atoms with Crippen LogP contribution in [0, 0.1) is 13.8 Å². The summed E-state index contributed by atoms with van der Waals surface area (Å²) in [6.45, 7) is 2.95. The van der Waals surface area contributed by atoms with E-state index in [2.05, 4.69) is 10.0 Å². The van der Waals surface area contributed by atoms with Crippen molar-refractivity contribution in [2.75, 3.05) is 29.7 Å². The Balaban J connectivity index is 1.40. The summed E-state index contributed by atoms with van der Waals surface area (Å²) in [4.78, 5) is 13.6. The lowest BCUT2D eigenvalue weighted by Gasteiger charge is -2.38. The summed E-state index contributed by atoms with van der Waals surface area (Å²) < 4.78 is 84.7. The van der Waals surface area contributed by atoms with Gasteiger partial charge in [0, 0.05) is 31.0 Å². The third-order valence-corrected chi connectivity index (χ3v) is 12.7. The summed E-state index contributed by atoms with van der Waals surface area (Å²) in [5.41, 5.74) is 2.55. The Morgan fingerprint density at radius 1 is 0.644 bits per heavy atom. The zero-order valence-electron chi connectivity index (χ0n) is 24.5. The molecule has 5 rings (SSSR count). The molecule has 1 atom stereocenters. The van der Waals surface area contributed by atoms with E-state index in [1.54, 1.807) is 48.5 Å². The average molecular weight is 669 g/mol. The lowest BCUT2D eigenvalue weighted by molar-refractivity contribution is -0.120. The van der Waals surface area contributed by atoms with Crippen LogP contribution in [0.5, 0.6) is 0 Å². The molecule has 2 N–H and O–H groups in total. The van der Waals surface area contributed by atoms with Crippen LogP contribution in [-0.2, 0) is 34.9 Å². The number of carbonyl (C=O) groups is 1. The van der Waals surface area contributed by atoms with Crippen LogP contribution >= 0.6 is 0 Å². The number of rotatable bonds is 9. The van der Waals surface area contributed by atoms with Gasteiger partial charge in [0.05, 0.1) is 14.7 Å². The fraction of sp³-hybridized carbons (Fsp3) is 0.194. The van der Waals surface area contributed by atoms with Gasteiger partial charge in [-0.1, -0.05) is 42.5 Å². The molecule has 1 fully saturated rings. The van der Waals surface area contributed by atoms with E-state index < -0.39 is 48.6 Å². The molecule has 4 aromatic carbocycles. The fourth-order valence-electron chi connectivity index (χ4n) is 4.89. The van der Waals surface area contributed by atoms with Crippen molar-refractivity contribution in [3.05, 3.63) is 114 Å². The van der Waals surface area contributed by atoms with Gasteiger partial charge in [-0.05, 0) is 85.6 Å². The van der Waals surface area contributed by atoms with Crippen LogP contribution in [0.15, 0.2) is 118 Å². The molecule has 0 spiro atoms. The molecule has 1 heterocycles. The summed E-state index contributed by atoms with van der Waals surface area (Å²) in [7, 11) is -12.2. The van der Waals surface area contributed by atoms with Gasteiger partial charge in [-0.3, -0.25) is 9.52 Å². The zero-order chi connectivity index (χ0) is 32.4. The lowest BCUT2D eigenvalue weighted by atomic mass is 10.1. The van der Waals surface area contributed by atoms with Gasteiger partial charge in [0.1, 0.15) is 6.04 Å². The topological polar surface area (TPSA) is 150 Å². The number of sulfonamides is 3. The highest BCUT2D eigenvalue weighted by atomic mass is 32.2. The van der Waals surface area contributed by atoms with E-state index in [1.165, 1.54) is 48.5 Å². The van der Waals surface area contributed by atoms with Crippen LogP contribution in [0.3, 0.4) is 0 Å². The van der Waals surface area contributed by atoms with E-state index in [0.29, 0.717) is 5.69 Å². The number of amides is 1. The second kappa shape index (κ2) is 12.7. The predicted molar refractivity (Wildman–Crippen MR) is 171 cm³/mol. The Kier molecular flexibility index (Phi) is 9.14. The normalized spacial score (nSPS) is 16.6. The first-order valence-corrected chi connectivity index (χ1v) is 18.3. The van der Waals surface area contributed by atoms with Crippen LogP contribution in [-0.4, -0.2) is 65.4 Å². The van der Waals surface area contributed by atoms with Crippen LogP contribution in [0.1, 0.15) is 11.1 Å². The maximum absolute atomic E-state index is 13.7. The third-order valence-electron chi connectivity index (χ3n) is 7.52. The average Bonchev–Trinajstić information content (AvgIpc) is 3.03. The maximum atomic E-state index is 13.7. The molecule has 45 heavy (non-hydrogen) atoms. The number of nitrogens with zero attached hydrogens (tertiary/aromatic N) is 2. The van der Waals surface area contributed by atoms with Gasteiger partial charge < -0.3 is 5.32 Å². The van der Waals surface area contributed by atoms with E-state index in [4.69, 9.17) is 0 Å². The molecule has 0 aromatic heterocycles. The van der Waals surface area contributed by atoms with Crippen molar-refractivity contribution in [2.24, 2.45) is 0 Å². The van der Waals surface area contributed by atoms with Crippen molar-refractivity contribution >= 4 is 47.4 Å². The summed E-state index contributed by atoms with van der Waals surface area (Å²) in [5, 5.41) is 2.64. The first kappa shape index (κ1) is 32.3.